The average Bonchev–Trinajstić information content (AvgIpc) is 2.68. The highest BCUT2D eigenvalue weighted by molar-refractivity contribution is 7.99. The van der Waals surface area contributed by atoms with Crippen LogP contribution < -0.4 is 0 Å². The van der Waals surface area contributed by atoms with Gasteiger partial charge in [0.25, 0.3) is 0 Å². The lowest BCUT2D eigenvalue weighted by Crippen LogP contribution is -2.07. The Morgan fingerprint density at radius 1 is 1.47 bits per heavy atom. The number of thioether (sulfide) groups is 1. The van der Waals surface area contributed by atoms with E-state index in [0.29, 0.717) is 0 Å². The zero-order valence-electron chi connectivity index (χ0n) is 9.53. The molecular formula is C10H7ClF3N3OS. The number of alkyl halides is 3. The van der Waals surface area contributed by atoms with Gasteiger partial charge in [0.05, 0.1) is 16.3 Å². The van der Waals surface area contributed by atoms with Crippen molar-refractivity contribution in [3.05, 3.63) is 22.8 Å². The minimum absolute atomic E-state index is 0.106. The fourth-order valence-corrected chi connectivity index (χ4v) is 2.31. The molecule has 102 valence electrons. The summed E-state index contributed by atoms with van der Waals surface area (Å²) < 4.78 is 39.2. The van der Waals surface area contributed by atoms with Crippen molar-refractivity contribution in [3.63, 3.8) is 0 Å². The molecule has 0 amide bonds. The van der Waals surface area contributed by atoms with Crippen molar-refractivity contribution in [2.24, 2.45) is 0 Å². The second-order valence-corrected chi connectivity index (χ2v) is 5.09. The van der Waals surface area contributed by atoms with Crippen molar-refractivity contribution in [1.29, 1.82) is 0 Å². The normalized spacial score (nSPS) is 12.1. The maximum Gasteiger partial charge on any atom is 0.417 e. The second-order valence-electron chi connectivity index (χ2n) is 3.74. The number of fused-ring (bicyclic) bond motifs is 1. The molecule has 0 aliphatic carbocycles. The summed E-state index contributed by atoms with van der Waals surface area (Å²) in [5, 5.41) is 7.48. The number of ketones is 1. The summed E-state index contributed by atoms with van der Waals surface area (Å²) >= 11 is 6.75. The van der Waals surface area contributed by atoms with E-state index in [0.717, 1.165) is 28.4 Å². The predicted molar refractivity (Wildman–Crippen MR) is 64.4 cm³/mol. The monoisotopic (exact) mass is 309 g/mol. The van der Waals surface area contributed by atoms with Gasteiger partial charge >= 0.3 is 6.18 Å². The molecule has 0 atom stereocenters. The Kier molecular flexibility index (Phi) is 3.73. The van der Waals surface area contributed by atoms with Crippen LogP contribution in [0, 0.1) is 0 Å². The van der Waals surface area contributed by atoms with E-state index in [1.54, 1.807) is 0 Å². The molecule has 0 radical (unpaired) electrons. The number of pyridine rings is 1. The first-order valence-corrected chi connectivity index (χ1v) is 6.39. The van der Waals surface area contributed by atoms with Crippen LogP contribution in [0.3, 0.4) is 0 Å². The van der Waals surface area contributed by atoms with E-state index in [9.17, 15) is 18.0 Å². The molecule has 2 heterocycles. The van der Waals surface area contributed by atoms with Gasteiger partial charge in [0.1, 0.15) is 5.78 Å². The summed E-state index contributed by atoms with van der Waals surface area (Å²) in [5.41, 5.74) is -0.768. The first-order chi connectivity index (χ1) is 8.79. The first kappa shape index (κ1) is 14.1. The smallest absolute Gasteiger partial charge is 0.299 e. The molecule has 0 aromatic carbocycles. The van der Waals surface area contributed by atoms with E-state index in [1.165, 1.54) is 6.92 Å². The molecule has 0 unspecified atom stereocenters. The van der Waals surface area contributed by atoms with Gasteiger partial charge in [0, 0.05) is 6.20 Å². The van der Waals surface area contributed by atoms with Crippen LogP contribution >= 0.6 is 23.4 Å². The molecule has 0 aliphatic heterocycles. The lowest BCUT2D eigenvalue weighted by Gasteiger charge is -2.08. The SMILES string of the molecule is CC(=O)CSc1nnc2c(Cl)cc(C(F)(F)F)cn12. The molecule has 2 aromatic rings. The van der Waals surface area contributed by atoms with E-state index in [2.05, 4.69) is 10.2 Å². The molecule has 0 fully saturated rings. The summed E-state index contributed by atoms with van der Waals surface area (Å²) in [4.78, 5) is 10.9. The number of halogens is 4. The number of aromatic nitrogens is 3. The highest BCUT2D eigenvalue weighted by Gasteiger charge is 2.32. The van der Waals surface area contributed by atoms with E-state index in [4.69, 9.17) is 11.6 Å². The molecule has 0 saturated heterocycles. The molecule has 2 aromatic heterocycles. The van der Waals surface area contributed by atoms with Crippen LogP contribution in [-0.2, 0) is 11.0 Å². The number of Topliss-reactive ketones (excluding diaryl/α,β-unsaturated/α-hetero) is 1. The summed E-state index contributed by atoms with van der Waals surface area (Å²) in [6.07, 6.45) is -3.64. The molecule has 19 heavy (non-hydrogen) atoms. The highest BCUT2D eigenvalue weighted by Crippen LogP contribution is 2.33. The third-order valence-corrected chi connectivity index (χ3v) is 3.53. The maximum atomic E-state index is 12.7. The van der Waals surface area contributed by atoms with Crippen LogP contribution in [0.15, 0.2) is 17.4 Å². The van der Waals surface area contributed by atoms with E-state index in [1.807, 2.05) is 0 Å². The van der Waals surface area contributed by atoms with E-state index in [-0.39, 0.29) is 27.4 Å². The minimum Gasteiger partial charge on any atom is -0.299 e. The zero-order valence-corrected chi connectivity index (χ0v) is 11.1. The van der Waals surface area contributed by atoms with Gasteiger partial charge in [0.15, 0.2) is 10.8 Å². The van der Waals surface area contributed by atoms with Crippen molar-refractivity contribution in [3.8, 4) is 0 Å². The van der Waals surface area contributed by atoms with Crippen molar-refractivity contribution in [1.82, 2.24) is 14.6 Å². The van der Waals surface area contributed by atoms with Crippen LogP contribution in [0.4, 0.5) is 13.2 Å². The number of hydrogen-bond donors (Lipinski definition) is 0. The molecule has 0 saturated carbocycles. The number of carbonyl (C=O) groups excluding carboxylic acids is 1. The Bertz CT molecular complexity index is 641. The van der Waals surface area contributed by atoms with Gasteiger partial charge in [-0.25, -0.2) is 0 Å². The van der Waals surface area contributed by atoms with Gasteiger partial charge in [-0.1, -0.05) is 23.4 Å². The molecule has 0 spiro atoms. The molecule has 0 N–H and O–H groups in total. The van der Waals surface area contributed by atoms with Crippen LogP contribution in [0.1, 0.15) is 12.5 Å². The quantitative estimate of drug-likeness (QED) is 0.818. The topological polar surface area (TPSA) is 47.3 Å². The van der Waals surface area contributed by atoms with Crippen molar-refractivity contribution < 1.29 is 18.0 Å². The van der Waals surface area contributed by atoms with Crippen LogP contribution in [0.2, 0.25) is 5.02 Å². The molecule has 4 nitrogen and oxygen atoms in total. The summed E-state index contributed by atoms with van der Waals surface area (Å²) in [6, 6.07) is 0.797. The molecule has 0 bridgehead atoms. The fourth-order valence-electron chi connectivity index (χ4n) is 1.35. The molecule has 2 rings (SSSR count). The third kappa shape index (κ3) is 3.01. The first-order valence-electron chi connectivity index (χ1n) is 5.03. The molecular weight excluding hydrogens is 303 g/mol. The fraction of sp³-hybridized carbons (Fsp3) is 0.300. The molecule has 0 aliphatic rings. The number of carbonyl (C=O) groups is 1. The van der Waals surface area contributed by atoms with Crippen LogP contribution in [0.25, 0.3) is 5.65 Å². The summed E-state index contributed by atoms with van der Waals surface area (Å²) in [5.74, 6) is -0.00546. The Labute approximate surface area is 115 Å². The predicted octanol–water partition coefficient (Wildman–Crippen LogP) is 3.08. The Balaban J connectivity index is 2.50. The van der Waals surface area contributed by atoms with Crippen LogP contribution in [0.5, 0.6) is 0 Å². The van der Waals surface area contributed by atoms with E-state index < -0.39 is 11.7 Å². The Morgan fingerprint density at radius 2 is 2.16 bits per heavy atom. The largest absolute Gasteiger partial charge is 0.417 e. The highest BCUT2D eigenvalue weighted by atomic mass is 35.5. The van der Waals surface area contributed by atoms with Gasteiger partial charge in [-0.2, -0.15) is 13.2 Å². The number of rotatable bonds is 3. The van der Waals surface area contributed by atoms with Gasteiger partial charge < -0.3 is 0 Å². The Morgan fingerprint density at radius 3 is 2.74 bits per heavy atom. The van der Waals surface area contributed by atoms with Crippen molar-refractivity contribution in [2.75, 3.05) is 5.75 Å². The number of hydrogen-bond acceptors (Lipinski definition) is 4. The standard InChI is InChI=1S/C10H7ClF3N3OS/c1-5(18)4-19-9-16-15-8-7(11)2-6(3-17(8)9)10(12,13)14/h2-3H,4H2,1H3. The van der Waals surface area contributed by atoms with Gasteiger partial charge in [-0.05, 0) is 13.0 Å². The minimum atomic E-state index is -4.51. The average molecular weight is 310 g/mol. The zero-order chi connectivity index (χ0) is 14.2. The van der Waals surface area contributed by atoms with Gasteiger partial charge in [-0.15, -0.1) is 10.2 Å². The van der Waals surface area contributed by atoms with E-state index >= 15 is 0 Å². The van der Waals surface area contributed by atoms with Crippen molar-refractivity contribution >= 4 is 34.8 Å². The summed E-state index contributed by atoms with van der Waals surface area (Å²) in [7, 11) is 0. The second kappa shape index (κ2) is 5.01. The lowest BCUT2D eigenvalue weighted by atomic mass is 10.3. The summed E-state index contributed by atoms with van der Waals surface area (Å²) in [6.45, 7) is 1.38. The van der Waals surface area contributed by atoms with Crippen LogP contribution in [-0.4, -0.2) is 26.1 Å². The van der Waals surface area contributed by atoms with Gasteiger partial charge in [0.2, 0.25) is 0 Å². The lowest BCUT2D eigenvalue weighted by molar-refractivity contribution is -0.137. The van der Waals surface area contributed by atoms with Gasteiger partial charge in [-0.3, -0.25) is 9.20 Å². The maximum absolute atomic E-state index is 12.7. The Hall–Kier alpha value is -1.28. The number of nitrogens with zero attached hydrogens (tertiary/aromatic N) is 3. The molecule has 9 heteroatoms. The van der Waals surface area contributed by atoms with Crippen molar-refractivity contribution in [2.45, 2.75) is 18.3 Å². The third-order valence-electron chi connectivity index (χ3n) is 2.16.